The quantitative estimate of drug-likeness (QED) is 0.0215. The van der Waals surface area contributed by atoms with Gasteiger partial charge in [-0.15, -0.1) is 0 Å². The standard InChI is InChI=1S/C62H121NO10/c1-3-5-7-9-11-13-15-16-17-18-19-20-21-22-23-24-25-26-27-28-29-30-31-32-33-34-35-36-37-38-39-40-42-44-46-48-50-55(66)61(71)63-53(52-72-62-60(70)59(69)58(68)56(51-64)73-62)57(67)54(65)49-47-45-43-41-14-12-10-8-6-4-2/h41,43,53-60,62,64-70H,3-40,42,44-52H2,1-2H3,(H,63,71)/b43-41+. The molecule has 9 unspecified atom stereocenters. The van der Waals surface area contributed by atoms with Crippen LogP contribution in [0.5, 0.6) is 0 Å². The van der Waals surface area contributed by atoms with Crippen molar-refractivity contribution in [2.24, 2.45) is 0 Å². The third-order valence-corrected chi connectivity index (χ3v) is 15.6. The number of allylic oxidation sites excluding steroid dienone is 2. The first-order valence-corrected chi connectivity index (χ1v) is 31.6. The van der Waals surface area contributed by atoms with E-state index in [1.807, 2.05) is 0 Å². The Morgan fingerprint density at radius 1 is 0.466 bits per heavy atom. The number of amides is 1. The highest BCUT2D eigenvalue weighted by Gasteiger charge is 2.44. The fourth-order valence-corrected chi connectivity index (χ4v) is 10.4. The number of carbonyl (C=O) groups is 1. The van der Waals surface area contributed by atoms with Crippen molar-refractivity contribution in [2.45, 2.75) is 364 Å². The Morgan fingerprint density at radius 2 is 0.808 bits per heavy atom. The Bertz CT molecular complexity index is 1190. The van der Waals surface area contributed by atoms with E-state index in [1.165, 1.54) is 231 Å². The van der Waals surface area contributed by atoms with Crippen LogP contribution in [0.4, 0.5) is 0 Å². The van der Waals surface area contributed by atoms with Crippen LogP contribution >= 0.6 is 0 Å². The molecule has 1 rings (SSSR count). The summed E-state index contributed by atoms with van der Waals surface area (Å²) in [6.45, 7) is 3.43. The smallest absolute Gasteiger partial charge is 0.249 e. The van der Waals surface area contributed by atoms with Crippen molar-refractivity contribution in [2.75, 3.05) is 13.2 Å². The number of ether oxygens (including phenoxy) is 2. The minimum Gasteiger partial charge on any atom is -0.394 e. The lowest BCUT2D eigenvalue weighted by molar-refractivity contribution is -0.303. The summed E-state index contributed by atoms with van der Waals surface area (Å²) in [6, 6.07) is -1.18. The largest absolute Gasteiger partial charge is 0.394 e. The number of nitrogens with one attached hydrogen (secondary N) is 1. The van der Waals surface area contributed by atoms with Crippen LogP contribution in [0.15, 0.2) is 12.2 Å². The van der Waals surface area contributed by atoms with Crippen molar-refractivity contribution in [3.05, 3.63) is 12.2 Å². The number of hydrogen-bond acceptors (Lipinski definition) is 10. The summed E-state index contributed by atoms with van der Waals surface area (Å²) in [4.78, 5) is 13.1. The van der Waals surface area contributed by atoms with Crippen LogP contribution in [-0.2, 0) is 14.3 Å². The van der Waals surface area contributed by atoms with E-state index in [9.17, 15) is 40.5 Å². The molecular formula is C62H121NO10. The van der Waals surface area contributed by atoms with E-state index in [0.717, 1.165) is 38.5 Å². The zero-order valence-electron chi connectivity index (χ0n) is 47.6. The highest BCUT2D eigenvalue weighted by molar-refractivity contribution is 5.80. The number of carbonyl (C=O) groups excluding carboxylic acids is 1. The molecular weight excluding hydrogens is 919 g/mol. The second-order valence-electron chi connectivity index (χ2n) is 22.5. The van der Waals surface area contributed by atoms with Gasteiger partial charge in [0.15, 0.2) is 6.29 Å². The molecule has 11 nitrogen and oxygen atoms in total. The zero-order chi connectivity index (χ0) is 53.3. The summed E-state index contributed by atoms with van der Waals surface area (Å²) in [5, 5.41) is 75.8. The molecule has 434 valence electrons. The van der Waals surface area contributed by atoms with E-state index >= 15 is 0 Å². The lowest BCUT2D eigenvalue weighted by atomic mass is 9.98. The normalized spacial score (nSPS) is 19.9. The molecule has 1 aliphatic heterocycles. The average Bonchev–Trinajstić information content (AvgIpc) is 3.39. The number of aliphatic hydroxyl groups is 7. The van der Waals surface area contributed by atoms with Gasteiger partial charge in [-0.05, 0) is 38.5 Å². The maximum absolute atomic E-state index is 13.1. The van der Waals surface area contributed by atoms with E-state index in [0.29, 0.717) is 12.8 Å². The number of aliphatic hydroxyl groups excluding tert-OH is 7. The van der Waals surface area contributed by atoms with E-state index in [4.69, 9.17) is 9.47 Å². The molecule has 1 heterocycles. The van der Waals surface area contributed by atoms with Gasteiger partial charge in [0.1, 0.15) is 36.6 Å². The van der Waals surface area contributed by atoms with Crippen LogP contribution in [0.25, 0.3) is 0 Å². The van der Waals surface area contributed by atoms with Crippen molar-refractivity contribution in [3.63, 3.8) is 0 Å². The van der Waals surface area contributed by atoms with Gasteiger partial charge in [0, 0.05) is 0 Å². The van der Waals surface area contributed by atoms with Gasteiger partial charge < -0.3 is 50.5 Å². The fourth-order valence-electron chi connectivity index (χ4n) is 10.4. The molecule has 0 aromatic heterocycles. The second-order valence-corrected chi connectivity index (χ2v) is 22.5. The first-order valence-electron chi connectivity index (χ1n) is 31.6. The Labute approximate surface area is 449 Å². The van der Waals surface area contributed by atoms with Gasteiger partial charge in [0.05, 0.1) is 25.4 Å². The van der Waals surface area contributed by atoms with Gasteiger partial charge in [-0.2, -0.15) is 0 Å². The molecule has 11 heteroatoms. The van der Waals surface area contributed by atoms with Crippen LogP contribution in [0, 0.1) is 0 Å². The first-order chi connectivity index (χ1) is 35.7. The van der Waals surface area contributed by atoms with E-state index < -0.39 is 74.2 Å². The summed E-state index contributed by atoms with van der Waals surface area (Å²) in [5.74, 6) is -0.702. The second kappa shape index (κ2) is 51.6. The molecule has 0 aromatic carbocycles. The van der Waals surface area contributed by atoms with Crippen molar-refractivity contribution >= 4 is 5.91 Å². The molecule has 1 saturated heterocycles. The van der Waals surface area contributed by atoms with Crippen LogP contribution in [-0.4, -0.2) is 110 Å². The molecule has 9 atom stereocenters. The van der Waals surface area contributed by atoms with Crippen molar-refractivity contribution in [3.8, 4) is 0 Å². The SMILES string of the molecule is CCCCCCC/C=C/CCCC(O)C(O)C(COC1OC(CO)C(O)C(O)C1O)NC(=O)C(O)CCCCCCCCCCCCCCCCCCCCCCCCCCCCCCCCCCCCCC. The number of hydrogen-bond donors (Lipinski definition) is 8. The lowest BCUT2D eigenvalue weighted by Crippen LogP contribution is -2.60. The Kier molecular flexibility index (Phi) is 49.4. The molecule has 0 bridgehead atoms. The third kappa shape index (κ3) is 39.8. The van der Waals surface area contributed by atoms with Gasteiger partial charge in [0.2, 0.25) is 5.91 Å². The molecule has 1 aliphatic rings. The molecule has 1 amide bonds. The maximum atomic E-state index is 13.1. The van der Waals surface area contributed by atoms with Gasteiger partial charge in [-0.25, -0.2) is 0 Å². The van der Waals surface area contributed by atoms with Crippen molar-refractivity contribution < 1.29 is 50.0 Å². The highest BCUT2D eigenvalue weighted by atomic mass is 16.7. The zero-order valence-corrected chi connectivity index (χ0v) is 47.6. The van der Waals surface area contributed by atoms with Gasteiger partial charge in [0.25, 0.3) is 0 Å². The molecule has 0 radical (unpaired) electrons. The summed E-state index contributed by atoms with van der Waals surface area (Å²) < 4.78 is 11.1. The maximum Gasteiger partial charge on any atom is 0.249 e. The van der Waals surface area contributed by atoms with Gasteiger partial charge in [-0.3, -0.25) is 4.79 Å². The lowest BCUT2D eigenvalue weighted by Gasteiger charge is -2.40. The molecule has 0 aliphatic carbocycles. The molecule has 8 N–H and O–H groups in total. The predicted octanol–water partition coefficient (Wildman–Crippen LogP) is 13.9. The first kappa shape index (κ1) is 69.9. The monoisotopic (exact) mass is 1040 g/mol. The average molecular weight is 1040 g/mol. The molecule has 0 saturated carbocycles. The molecule has 1 fully saturated rings. The molecule has 73 heavy (non-hydrogen) atoms. The Morgan fingerprint density at radius 3 is 1.18 bits per heavy atom. The minimum atomic E-state index is -1.66. The Balaban J connectivity index is 2.08. The van der Waals surface area contributed by atoms with E-state index in [1.54, 1.807) is 0 Å². The molecule has 0 aromatic rings. The van der Waals surface area contributed by atoms with Crippen LogP contribution in [0.1, 0.15) is 309 Å². The summed E-state index contributed by atoms with van der Waals surface area (Å²) in [6.07, 6.45) is 50.5. The Hall–Kier alpha value is -1.15. The van der Waals surface area contributed by atoms with Crippen LogP contribution < -0.4 is 5.32 Å². The summed E-state index contributed by atoms with van der Waals surface area (Å²) >= 11 is 0. The van der Waals surface area contributed by atoms with Crippen molar-refractivity contribution in [1.82, 2.24) is 5.32 Å². The third-order valence-electron chi connectivity index (χ3n) is 15.6. The fraction of sp³-hybridized carbons (Fsp3) is 0.952. The summed E-state index contributed by atoms with van der Waals surface area (Å²) in [5.41, 5.74) is 0. The highest BCUT2D eigenvalue weighted by Crippen LogP contribution is 2.24. The number of rotatable bonds is 55. The minimum absolute atomic E-state index is 0.259. The molecule has 0 spiro atoms. The van der Waals surface area contributed by atoms with Gasteiger partial charge in [-0.1, -0.05) is 283 Å². The van der Waals surface area contributed by atoms with Crippen molar-refractivity contribution in [1.29, 1.82) is 0 Å². The summed E-state index contributed by atoms with van der Waals surface area (Å²) in [7, 11) is 0. The van der Waals surface area contributed by atoms with Gasteiger partial charge >= 0.3 is 0 Å². The van der Waals surface area contributed by atoms with E-state index in [-0.39, 0.29) is 12.8 Å². The van der Waals surface area contributed by atoms with E-state index in [2.05, 4.69) is 31.3 Å². The van der Waals surface area contributed by atoms with Crippen LogP contribution in [0.3, 0.4) is 0 Å². The predicted molar refractivity (Wildman–Crippen MR) is 303 cm³/mol. The number of unbranched alkanes of at least 4 members (excludes halogenated alkanes) is 41. The van der Waals surface area contributed by atoms with Crippen LogP contribution in [0.2, 0.25) is 0 Å². The topological polar surface area (TPSA) is 189 Å².